The van der Waals surface area contributed by atoms with Crippen LogP contribution in [0.15, 0.2) is 36.9 Å². The zero-order valence-corrected chi connectivity index (χ0v) is 8.96. The summed E-state index contributed by atoms with van der Waals surface area (Å²) in [6.07, 6.45) is 3.36. The molecule has 1 heteroatoms. The number of rotatable bonds is 4. The number of benzene rings is 1. The quantitative estimate of drug-likeness (QED) is 0.723. The molecule has 1 N–H and O–H groups in total. The lowest BCUT2D eigenvalue weighted by Crippen LogP contribution is -2.19. The van der Waals surface area contributed by atoms with Crippen LogP contribution in [0.2, 0.25) is 0 Å². The van der Waals surface area contributed by atoms with Gasteiger partial charge in [0.2, 0.25) is 0 Å². The zero-order valence-electron chi connectivity index (χ0n) is 8.96. The minimum Gasteiger partial charge on any atom is -0.385 e. The first kappa shape index (κ1) is 11.0. The van der Waals surface area contributed by atoms with Gasteiger partial charge in [0.05, 0.1) is 5.60 Å². The monoisotopic (exact) mass is 190 g/mol. The van der Waals surface area contributed by atoms with Gasteiger partial charge in [-0.3, -0.25) is 0 Å². The van der Waals surface area contributed by atoms with Crippen molar-refractivity contribution in [3.8, 4) is 0 Å². The Kier molecular flexibility index (Phi) is 3.48. The Morgan fingerprint density at radius 1 is 1.36 bits per heavy atom. The van der Waals surface area contributed by atoms with Crippen molar-refractivity contribution in [2.45, 2.75) is 32.3 Å². The van der Waals surface area contributed by atoms with Gasteiger partial charge in [-0.15, -0.1) is 6.58 Å². The summed E-state index contributed by atoms with van der Waals surface area (Å²) in [4.78, 5) is 0. The van der Waals surface area contributed by atoms with E-state index >= 15 is 0 Å². The van der Waals surface area contributed by atoms with E-state index in [1.54, 1.807) is 6.08 Å². The van der Waals surface area contributed by atoms with Gasteiger partial charge in [0.1, 0.15) is 0 Å². The largest absolute Gasteiger partial charge is 0.385 e. The lowest BCUT2D eigenvalue weighted by Gasteiger charge is -2.22. The maximum atomic E-state index is 10.1. The molecule has 0 aromatic heterocycles. The molecule has 0 aliphatic rings. The molecule has 1 nitrogen and oxygen atoms in total. The molecular formula is C13H18O. The van der Waals surface area contributed by atoms with Crippen molar-refractivity contribution >= 4 is 0 Å². The van der Waals surface area contributed by atoms with Gasteiger partial charge >= 0.3 is 0 Å². The number of aliphatic hydroxyl groups is 1. The van der Waals surface area contributed by atoms with Crippen LogP contribution in [-0.4, -0.2) is 5.11 Å². The molecule has 76 valence electrons. The van der Waals surface area contributed by atoms with Gasteiger partial charge in [0.15, 0.2) is 0 Å². The van der Waals surface area contributed by atoms with Crippen molar-refractivity contribution in [1.82, 2.24) is 0 Å². The minimum absolute atomic E-state index is 0.582. The zero-order chi connectivity index (χ0) is 10.6. The van der Waals surface area contributed by atoms with Gasteiger partial charge in [0, 0.05) is 0 Å². The van der Waals surface area contributed by atoms with E-state index in [0.717, 1.165) is 12.0 Å². The molecule has 0 saturated carbocycles. The predicted molar refractivity (Wildman–Crippen MR) is 60.2 cm³/mol. The van der Waals surface area contributed by atoms with Crippen LogP contribution in [-0.2, 0) is 12.0 Å². The fourth-order valence-corrected chi connectivity index (χ4v) is 1.50. The first-order valence-corrected chi connectivity index (χ1v) is 5.03. The molecule has 1 rings (SSSR count). The molecule has 0 radical (unpaired) electrons. The van der Waals surface area contributed by atoms with E-state index < -0.39 is 5.60 Å². The Labute approximate surface area is 86.1 Å². The molecule has 1 atom stereocenters. The van der Waals surface area contributed by atoms with E-state index in [1.165, 1.54) is 5.56 Å². The van der Waals surface area contributed by atoms with E-state index in [9.17, 15) is 5.11 Å². The third-order valence-corrected chi connectivity index (χ3v) is 2.53. The standard InChI is InChI=1S/C13H18O/c1-4-10-13(3,14)12-8-6-11(5-2)7-9-12/h4,6-9,14H,1,5,10H2,2-3H3. The van der Waals surface area contributed by atoms with E-state index in [-0.39, 0.29) is 0 Å². The average molecular weight is 190 g/mol. The van der Waals surface area contributed by atoms with Crippen molar-refractivity contribution < 1.29 is 5.11 Å². The Bertz CT molecular complexity index is 296. The molecule has 14 heavy (non-hydrogen) atoms. The SMILES string of the molecule is C=CCC(C)(O)c1ccc(CC)cc1. The fraction of sp³-hybridized carbons (Fsp3) is 0.385. The van der Waals surface area contributed by atoms with Crippen molar-refractivity contribution in [1.29, 1.82) is 0 Å². The van der Waals surface area contributed by atoms with Crippen LogP contribution in [0.4, 0.5) is 0 Å². The predicted octanol–water partition coefficient (Wildman–Crippen LogP) is 3.03. The molecule has 0 spiro atoms. The van der Waals surface area contributed by atoms with Crippen molar-refractivity contribution in [3.05, 3.63) is 48.0 Å². The summed E-state index contributed by atoms with van der Waals surface area (Å²) in [6.45, 7) is 7.58. The first-order valence-electron chi connectivity index (χ1n) is 5.03. The van der Waals surface area contributed by atoms with Gasteiger partial charge < -0.3 is 5.11 Å². The number of hydrogen-bond acceptors (Lipinski definition) is 1. The second kappa shape index (κ2) is 4.43. The molecule has 0 amide bonds. The lowest BCUT2D eigenvalue weighted by atomic mass is 9.92. The molecular weight excluding hydrogens is 172 g/mol. The second-order valence-corrected chi connectivity index (χ2v) is 3.82. The van der Waals surface area contributed by atoms with Gasteiger partial charge in [-0.2, -0.15) is 0 Å². The topological polar surface area (TPSA) is 20.2 Å². The highest BCUT2D eigenvalue weighted by molar-refractivity contribution is 5.27. The van der Waals surface area contributed by atoms with Crippen molar-refractivity contribution in [2.24, 2.45) is 0 Å². The van der Waals surface area contributed by atoms with Crippen LogP contribution >= 0.6 is 0 Å². The smallest absolute Gasteiger partial charge is 0.0902 e. The van der Waals surface area contributed by atoms with E-state index in [1.807, 2.05) is 19.1 Å². The minimum atomic E-state index is -0.784. The summed E-state index contributed by atoms with van der Waals surface area (Å²) in [6, 6.07) is 8.10. The van der Waals surface area contributed by atoms with Crippen LogP contribution in [0.1, 0.15) is 31.4 Å². The third-order valence-electron chi connectivity index (χ3n) is 2.53. The molecule has 0 aliphatic heterocycles. The van der Waals surface area contributed by atoms with E-state index in [2.05, 4.69) is 25.6 Å². The number of aryl methyl sites for hydroxylation is 1. The van der Waals surface area contributed by atoms with E-state index in [4.69, 9.17) is 0 Å². The fourth-order valence-electron chi connectivity index (χ4n) is 1.50. The van der Waals surface area contributed by atoms with Crippen molar-refractivity contribution in [2.75, 3.05) is 0 Å². The molecule has 0 aliphatic carbocycles. The summed E-state index contributed by atoms with van der Waals surface area (Å²) >= 11 is 0. The number of hydrogen-bond donors (Lipinski definition) is 1. The highest BCUT2D eigenvalue weighted by atomic mass is 16.3. The average Bonchev–Trinajstić information content (AvgIpc) is 2.18. The summed E-state index contributed by atoms with van der Waals surface area (Å²) in [7, 11) is 0. The van der Waals surface area contributed by atoms with Gasteiger partial charge in [-0.25, -0.2) is 0 Å². The van der Waals surface area contributed by atoms with Crippen molar-refractivity contribution in [3.63, 3.8) is 0 Å². The van der Waals surface area contributed by atoms with E-state index in [0.29, 0.717) is 6.42 Å². The Balaban J connectivity index is 2.90. The maximum absolute atomic E-state index is 10.1. The Morgan fingerprint density at radius 2 is 1.93 bits per heavy atom. The molecule has 0 heterocycles. The van der Waals surface area contributed by atoms with Crippen LogP contribution in [0.5, 0.6) is 0 Å². The Morgan fingerprint density at radius 3 is 2.36 bits per heavy atom. The molecule has 1 aromatic rings. The third kappa shape index (κ3) is 2.46. The van der Waals surface area contributed by atoms with Crippen LogP contribution < -0.4 is 0 Å². The maximum Gasteiger partial charge on any atom is 0.0902 e. The van der Waals surface area contributed by atoms with Gasteiger partial charge in [-0.1, -0.05) is 37.3 Å². The van der Waals surface area contributed by atoms with Crippen LogP contribution in [0.3, 0.4) is 0 Å². The second-order valence-electron chi connectivity index (χ2n) is 3.82. The summed E-state index contributed by atoms with van der Waals surface area (Å²) in [5, 5.41) is 10.1. The molecule has 0 bridgehead atoms. The lowest BCUT2D eigenvalue weighted by molar-refractivity contribution is 0.0606. The molecule has 0 fully saturated rings. The summed E-state index contributed by atoms with van der Waals surface area (Å²) < 4.78 is 0. The highest BCUT2D eigenvalue weighted by Gasteiger charge is 2.20. The summed E-state index contributed by atoms with van der Waals surface area (Å²) in [5.41, 5.74) is 1.46. The summed E-state index contributed by atoms with van der Waals surface area (Å²) in [5.74, 6) is 0. The van der Waals surface area contributed by atoms with Gasteiger partial charge in [0.25, 0.3) is 0 Å². The molecule has 1 aromatic carbocycles. The Hall–Kier alpha value is -1.08. The normalized spacial score (nSPS) is 14.8. The first-order chi connectivity index (χ1) is 6.60. The van der Waals surface area contributed by atoms with Crippen LogP contribution in [0.25, 0.3) is 0 Å². The molecule has 0 saturated heterocycles. The molecule has 1 unspecified atom stereocenters. The van der Waals surface area contributed by atoms with Gasteiger partial charge in [-0.05, 0) is 30.9 Å². The highest BCUT2D eigenvalue weighted by Crippen LogP contribution is 2.24. The van der Waals surface area contributed by atoms with Crippen LogP contribution in [0, 0.1) is 0 Å².